The van der Waals surface area contributed by atoms with E-state index in [9.17, 15) is 9.59 Å². The van der Waals surface area contributed by atoms with Crippen LogP contribution >= 0.6 is 0 Å². The molecule has 0 saturated carbocycles. The van der Waals surface area contributed by atoms with E-state index in [0.717, 1.165) is 18.5 Å². The van der Waals surface area contributed by atoms with Crippen LogP contribution in [0.4, 0.5) is 5.69 Å². The number of carbonyl (C=O) groups excluding carboxylic acids is 2. The van der Waals surface area contributed by atoms with Crippen LogP contribution in [0.25, 0.3) is 0 Å². The summed E-state index contributed by atoms with van der Waals surface area (Å²) in [4.78, 5) is 23.5. The maximum atomic E-state index is 11.7. The Morgan fingerprint density at radius 3 is 2.19 bits per heavy atom. The van der Waals surface area contributed by atoms with E-state index in [1.54, 1.807) is 0 Å². The number of aryl methyl sites for hydroxylation is 1. The van der Waals surface area contributed by atoms with Gasteiger partial charge in [0.05, 0.1) is 0 Å². The van der Waals surface area contributed by atoms with Crippen molar-refractivity contribution in [2.45, 2.75) is 39.4 Å². The normalized spacial score (nSPS) is 17.0. The molecule has 1 N–H and O–H groups in total. The molecule has 0 spiro atoms. The van der Waals surface area contributed by atoms with Gasteiger partial charge < -0.3 is 14.8 Å². The number of cyclic esters (lactones) is 2. The van der Waals surface area contributed by atoms with E-state index >= 15 is 0 Å². The van der Waals surface area contributed by atoms with Crippen LogP contribution in [-0.4, -0.2) is 17.7 Å². The summed E-state index contributed by atoms with van der Waals surface area (Å²) < 4.78 is 10.0. The Hall–Kier alpha value is -2.30. The van der Waals surface area contributed by atoms with Crippen molar-refractivity contribution in [1.29, 1.82) is 0 Å². The fourth-order valence-corrected chi connectivity index (χ4v) is 1.99. The summed E-state index contributed by atoms with van der Waals surface area (Å²) in [7, 11) is 0. The molecule has 0 aromatic heterocycles. The third-order valence-corrected chi connectivity index (χ3v) is 2.99. The third kappa shape index (κ3) is 3.84. The van der Waals surface area contributed by atoms with Gasteiger partial charge in [0.2, 0.25) is 0 Å². The maximum absolute atomic E-state index is 11.7. The van der Waals surface area contributed by atoms with Crippen molar-refractivity contribution < 1.29 is 19.1 Å². The van der Waals surface area contributed by atoms with Crippen molar-refractivity contribution in [1.82, 2.24) is 0 Å². The minimum Gasteiger partial charge on any atom is -0.419 e. The van der Waals surface area contributed by atoms with Gasteiger partial charge in [-0.2, -0.15) is 0 Å². The number of anilines is 1. The number of ether oxygens (including phenoxy) is 2. The number of benzene rings is 1. The van der Waals surface area contributed by atoms with E-state index in [1.807, 2.05) is 24.3 Å². The number of hydrogen-bond donors (Lipinski definition) is 1. The first-order valence-corrected chi connectivity index (χ1v) is 6.93. The number of nitrogens with one attached hydrogen (secondary N) is 1. The van der Waals surface area contributed by atoms with Gasteiger partial charge >= 0.3 is 11.9 Å². The second kappa shape index (κ2) is 5.99. The van der Waals surface area contributed by atoms with Crippen LogP contribution in [-0.2, 0) is 25.5 Å². The van der Waals surface area contributed by atoms with Crippen LogP contribution < -0.4 is 5.32 Å². The van der Waals surface area contributed by atoms with Crippen LogP contribution in [0.1, 0.15) is 32.8 Å². The first-order chi connectivity index (χ1) is 9.91. The highest BCUT2D eigenvalue weighted by atomic mass is 16.7. The van der Waals surface area contributed by atoms with Crippen LogP contribution in [0.15, 0.2) is 36.0 Å². The smallest absolute Gasteiger partial charge is 0.350 e. The van der Waals surface area contributed by atoms with Gasteiger partial charge in [0.15, 0.2) is 5.57 Å². The molecule has 112 valence electrons. The van der Waals surface area contributed by atoms with Crippen molar-refractivity contribution in [2.24, 2.45) is 0 Å². The predicted octanol–water partition coefficient (Wildman–Crippen LogP) is 2.77. The van der Waals surface area contributed by atoms with E-state index in [1.165, 1.54) is 25.6 Å². The molecule has 1 heterocycles. The Balaban J connectivity index is 2.06. The lowest BCUT2D eigenvalue weighted by atomic mass is 10.1. The molecule has 1 aliphatic heterocycles. The zero-order valence-electron chi connectivity index (χ0n) is 12.4. The van der Waals surface area contributed by atoms with E-state index in [2.05, 4.69) is 12.2 Å². The lowest BCUT2D eigenvalue weighted by Crippen LogP contribution is -2.42. The molecule has 5 heteroatoms. The van der Waals surface area contributed by atoms with Gasteiger partial charge in [0, 0.05) is 25.7 Å². The van der Waals surface area contributed by atoms with Gasteiger partial charge in [-0.05, 0) is 24.1 Å². The Morgan fingerprint density at radius 2 is 1.67 bits per heavy atom. The van der Waals surface area contributed by atoms with Gasteiger partial charge in [-0.15, -0.1) is 0 Å². The lowest BCUT2D eigenvalue weighted by Gasteiger charge is -2.29. The number of rotatable bonds is 4. The molecular weight excluding hydrogens is 270 g/mol. The number of carbonyl (C=O) groups is 2. The summed E-state index contributed by atoms with van der Waals surface area (Å²) in [5.41, 5.74) is 1.88. The minimum absolute atomic E-state index is 0.146. The third-order valence-electron chi connectivity index (χ3n) is 2.99. The van der Waals surface area contributed by atoms with E-state index in [4.69, 9.17) is 9.47 Å². The molecule has 1 aliphatic rings. The zero-order valence-corrected chi connectivity index (χ0v) is 12.4. The number of hydrogen-bond acceptors (Lipinski definition) is 5. The second-order valence-corrected chi connectivity index (χ2v) is 5.33. The SMILES string of the molecule is CCCc1ccc(NC=C2C(=O)OC(C)(C)OC2=O)cc1. The molecular formula is C16H19NO4. The van der Waals surface area contributed by atoms with Crippen LogP contribution in [0.3, 0.4) is 0 Å². The first-order valence-electron chi connectivity index (χ1n) is 6.93. The summed E-state index contributed by atoms with van der Waals surface area (Å²) in [6.07, 6.45) is 3.42. The van der Waals surface area contributed by atoms with Crippen LogP contribution in [0, 0.1) is 0 Å². The van der Waals surface area contributed by atoms with Crippen LogP contribution in [0.2, 0.25) is 0 Å². The fourth-order valence-electron chi connectivity index (χ4n) is 1.99. The molecule has 0 atom stereocenters. The summed E-state index contributed by atoms with van der Waals surface area (Å²) in [6, 6.07) is 7.80. The Morgan fingerprint density at radius 1 is 1.10 bits per heavy atom. The van der Waals surface area contributed by atoms with Crippen molar-refractivity contribution in [3.63, 3.8) is 0 Å². The summed E-state index contributed by atoms with van der Waals surface area (Å²) in [6.45, 7) is 5.15. The number of esters is 2. The second-order valence-electron chi connectivity index (χ2n) is 5.33. The van der Waals surface area contributed by atoms with Crippen molar-refractivity contribution in [3.05, 3.63) is 41.6 Å². The Kier molecular flexibility index (Phi) is 4.31. The highest BCUT2D eigenvalue weighted by Gasteiger charge is 2.38. The van der Waals surface area contributed by atoms with E-state index < -0.39 is 17.7 Å². The molecule has 1 aromatic rings. The topological polar surface area (TPSA) is 64.6 Å². The largest absolute Gasteiger partial charge is 0.419 e. The highest BCUT2D eigenvalue weighted by Crippen LogP contribution is 2.22. The molecule has 1 fully saturated rings. The van der Waals surface area contributed by atoms with Gasteiger partial charge in [-0.25, -0.2) is 9.59 Å². The van der Waals surface area contributed by atoms with E-state index in [-0.39, 0.29) is 5.57 Å². The molecule has 1 saturated heterocycles. The molecule has 5 nitrogen and oxygen atoms in total. The van der Waals surface area contributed by atoms with Crippen molar-refractivity contribution in [2.75, 3.05) is 5.32 Å². The molecule has 2 rings (SSSR count). The lowest BCUT2D eigenvalue weighted by molar-refractivity contribution is -0.222. The molecule has 0 amide bonds. The molecule has 0 aliphatic carbocycles. The predicted molar refractivity (Wildman–Crippen MR) is 78.4 cm³/mol. The molecule has 0 bridgehead atoms. The van der Waals surface area contributed by atoms with E-state index in [0.29, 0.717) is 0 Å². The van der Waals surface area contributed by atoms with Gasteiger partial charge in [0.1, 0.15) is 0 Å². The summed E-state index contributed by atoms with van der Waals surface area (Å²) in [5, 5.41) is 2.91. The quantitative estimate of drug-likeness (QED) is 0.524. The Labute approximate surface area is 123 Å². The molecule has 0 radical (unpaired) electrons. The average molecular weight is 289 g/mol. The van der Waals surface area contributed by atoms with Crippen molar-refractivity contribution in [3.8, 4) is 0 Å². The van der Waals surface area contributed by atoms with Gasteiger partial charge in [0.25, 0.3) is 5.79 Å². The molecule has 0 unspecified atom stereocenters. The maximum Gasteiger partial charge on any atom is 0.350 e. The monoisotopic (exact) mass is 289 g/mol. The minimum atomic E-state index is -1.21. The molecule has 1 aromatic carbocycles. The first kappa shape index (κ1) is 15.1. The van der Waals surface area contributed by atoms with Gasteiger partial charge in [-0.1, -0.05) is 25.5 Å². The standard InChI is InChI=1S/C16H19NO4/c1-4-5-11-6-8-12(9-7-11)17-10-13-14(18)20-16(2,3)21-15(13)19/h6-10,17H,4-5H2,1-3H3. The highest BCUT2D eigenvalue weighted by molar-refractivity contribution is 6.15. The Bertz CT molecular complexity index is 550. The summed E-state index contributed by atoms with van der Waals surface area (Å²) >= 11 is 0. The summed E-state index contributed by atoms with van der Waals surface area (Å²) in [5.74, 6) is -2.59. The zero-order chi connectivity index (χ0) is 15.5. The van der Waals surface area contributed by atoms with Crippen LogP contribution in [0.5, 0.6) is 0 Å². The molecule has 21 heavy (non-hydrogen) atoms. The van der Waals surface area contributed by atoms with Gasteiger partial charge in [-0.3, -0.25) is 0 Å². The fraction of sp³-hybridized carbons (Fsp3) is 0.375. The van der Waals surface area contributed by atoms with Crippen molar-refractivity contribution >= 4 is 17.6 Å². The average Bonchev–Trinajstić information content (AvgIpc) is 2.38.